The smallest absolute Gasteiger partial charge is 0.159 e. The molecule has 6 aromatic heterocycles. The second-order valence-corrected chi connectivity index (χ2v) is 15.5. The van der Waals surface area contributed by atoms with Crippen molar-refractivity contribution in [2.75, 3.05) is 0 Å². The van der Waals surface area contributed by atoms with E-state index in [1.165, 1.54) is 18.2 Å². The zero-order valence-electron chi connectivity index (χ0n) is 34.4. The molecule has 66 heavy (non-hydrogen) atoms. The Morgan fingerprint density at radius 2 is 0.712 bits per heavy atom. The second-order valence-electron chi connectivity index (χ2n) is 15.5. The maximum Gasteiger partial charge on any atom is 0.159 e. The lowest BCUT2D eigenvalue weighted by atomic mass is 9.98. The predicted molar refractivity (Wildman–Crippen MR) is 249 cm³/mol. The molecule has 0 saturated heterocycles. The third-order valence-electron chi connectivity index (χ3n) is 11.8. The average molecular weight is 858 g/mol. The molecule has 0 saturated carbocycles. The fourth-order valence-corrected chi connectivity index (χ4v) is 8.90. The van der Waals surface area contributed by atoms with Crippen LogP contribution in [0, 0.1) is 23.0 Å². The van der Waals surface area contributed by atoms with Crippen LogP contribution in [0.1, 0.15) is 5.56 Å². The molecule has 12 rings (SSSR count). The van der Waals surface area contributed by atoms with Crippen molar-refractivity contribution in [2.45, 2.75) is 0 Å². The molecule has 0 amide bonds. The highest BCUT2D eigenvalue weighted by atomic mass is 19.1. The molecular formula is C53H29F2N11. The van der Waals surface area contributed by atoms with Gasteiger partial charge in [-0.1, -0.05) is 54.6 Å². The van der Waals surface area contributed by atoms with Gasteiger partial charge in [-0.3, -0.25) is 0 Å². The van der Waals surface area contributed by atoms with Crippen LogP contribution in [0.4, 0.5) is 8.78 Å². The number of nitrogens with zero attached hydrogens (tertiary/aromatic N) is 11. The molecule has 0 N–H and O–H groups in total. The van der Waals surface area contributed by atoms with Crippen molar-refractivity contribution in [3.05, 3.63) is 194 Å². The average Bonchev–Trinajstić information content (AvgIpc) is 3.88. The Labute approximate surface area is 373 Å². The quantitative estimate of drug-likeness (QED) is 0.153. The van der Waals surface area contributed by atoms with E-state index in [9.17, 15) is 5.26 Å². The van der Waals surface area contributed by atoms with E-state index >= 15 is 8.78 Å². The third-order valence-corrected chi connectivity index (χ3v) is 11.8. The zero-order chi connectivity index (χ0) is 44.3. The van der Waals surface area contributed by atoms with Gasteiger partial charge in [0.2, 0.25) is 0 Å². The Morgan fingerprint density at radius 3 is 1.05 bits per heavy atom. The number of nitriles is 1. The minimum atomic E-state index is -0.779. The molecule has 6 aromatic carbocycles. The lowest BCUT2D eigenvalue weighted by Crippen LogP contribution is -2.06. The van der Waals surface area contributed by atoms with Gasteiger partial charge in [0.05, 0.1) is 44.6 Å². The molecule has 6 heterocycles. The van der Waals surface area contributed by atoms with Crippen LogP contribution in [-0.2, 0) is 0 Å². The molecule has 11 nitrogen and oxygen atoms in total. The lowest BCUT2D eigenvalue weighted by Gasteiger charge is -2.20. The third kappa shape index (κ3) is 6.23. The Morgan fingerprint density at radius 1 is 0.379 bits per heavy atom. The number of benzene rings is 6. The summed E-state index contributed by atoms with van der Waals surface area (Å²) in [6, 6.07) is 40.3. The molecular weight excluding hydrogens is 829 g/mol. The number of rotatable bonds is 7. The summed E-state index contributed by atoms with van der Waals surface area (Å²) < 4.78 is 37.1. The first-order valence-corrected chi connectivity index (χ1v) is 20.8. The highest BCUT2D eigenvalue weighted by Gasteiger charge is 2.26. The fourth-order valence-electron chi connectivity index (χ4n) is 8.90. The highest BCUT2D eigenvalue weighted by molar-refractivity contribution is 6.13. The molecule has 13 heteroatoms. The SMILES string of the molecule is N#Cc1cc(-n2c3cc(-c4ncccn4)ccc3c3ccc(-c4ncccn4)cc32)c(-c2c(F)cccc2F)cc1-n1c2cc(-c3ncccn3)ccc2c2ccc(-c3ncccn3)cc21. The van der Waals surface area contributed by atoms with Crippen LogP contribution in [0.25, 0.3) is 112 Å². The Bertz CT molecular complexity index is 3690. The van der Waals surface area contributed by atoms with Crippen molar-refractivity contribution in [3.63, 3.8) is 0 Å². The molecule has 0 bridgehead atoms. The van der Waals surface area contributed by atoms with Crippen LogP contribution in [0.5, 0.6) is 0 Å². The first-order chi connectivity index (χ1) is 32.5. The van der Waals surface area contributed by atoms with E-state index in [2.05, 4.69) is 45.9 Å². The normalized spacial score (nSPS) is 11.5. The molecule has 0 aliphatic rings. The van der Waals surface area contributed by atoms with Crippen LogP contribution in [0.3, 0.4) is 0 Å². The van der Waals surface area contributed by atoms with Crippen LogP contribution in [0.2, 0.25) is 0 Å². The Balaban J connectivity index is 1.22. The lowest BCUT2D eigenvalue weighted by molar-refractivity contribution is 0.589. The largest absolute Gasteiger partial charge is 0.309 e. The summed E-state index contributed by atoms with van der Waals surface area (Å²) in [6.07, 6.45) is 13.4. The van der Waals surface area contributed by atoms with E-state index in [0.717, 1.165) is 43.8 Å². The van der Waals surface area contributed by atoms with Gasteiger partial charge >= 0.3 is 0 Å². The van der Waals surface area contributed by atoms with Gasteiger partial charge in [-0.25, -0.2) is 48.7 Å². The molecule has 0 spiro atoms. The minimum Gasteiger partial charge on any atom is -0.309 e. The van der Waals surface area contributed by atoms with Crippen molar-refractivity contribution in [3.8, 4) is 74.1 Å². The number of aromatic nitrogens is 10. The first kappa shape index (κ1) is 38.3. The first-order valence-electron chi connectivity index (χ1n) is 20.8. The van der Waals surface area contributed by atoms with E-state index in [0.29, 0.717) is 56.7 Å². The zero-order valence-corrected chi connectivity index (χ0v) is 34.4. The van der Waals surface area contributed by atoms with E-state index in [1.54, 1.807) is 86.0 Å². The number of hydrogen-bond acceptors (Lipinski definition) is 9. The van der Waals surface area contributed by atoms with Gasteiger partial charge in [-0.15, -0.1) is 0 Å². The second kappa shape index (κ2) is 15.4. The maximum atomic E-state index is 16.6. The molecule has 310 valence electrons. The van der Waals surface area contributed by atoms with Crippen molar-refractivity contribution < 1.29 is 8.78 Å². The molecule has 0 fully saturated rings. The molecule has 0 atom stereocenters. The summed E-state index contributed by atoms with van der Waals surface area (Å²) in [5.41, 5.74) is 6.59. The summed E-state index contributed by atoms with van der Waals surface area (Å²) in [4.78, 5) is 36.2. The predicted octanol–water partition coefficient (Wildman–Crippen LogP) is 11.5. The minimum absolute atomic E-state index is 0.196. The fraction of sp³-hybridized carbons (Fsp3) is 0. The summed E-state index contributed by atoms with van der Waals surface area (Å²) in [5, 5.41) is 14.8. The number of fused-ring (bicyclic) bond motifs is 6. The van der Waals surface area contributed by atoms with Gasteiger partial charge in [-0.05, 0) is 72.8 Å². The highest BCUT2D eigenvalue weighted by Crippen LogP contribution is 2.44. The summed E-state index contributed by atoms with van der Waals surface area (Å²) >= 11 is 0. The standard InChI is InChI=1S/C53H29F2N11/c54-41-6-1-7-42(55)49(41)40-29-43(65-44-24-31(50-57-16-2-17-58-50)8-12-36(44)37-13-9-32(25-45(37)65)51-59-18-3-19-60-51)35(30-56)28-48(40)66-46-26-33(52-61-20-4-21-62-52)10-14-38(46)39-15-11-34(27-47(39)66)53-63-22-5-23-64-53/h1-29H. The maximum absolute atomic E-state index is 16.6. The van der Waals surface area contributed by atoms with Gasteiger partial charge < -0.3 is 9.13 Å². The van der Waals surface area contributed by atoms with Crippen molar-refractivity contribution in [1.82, 2.24) is 49.0 Å². The van der Waals surface area contributed by atoms with E-state index in [4.69, 9.17) is 0 Å². The topological polar surface area (TPSA) is 137 Å². The van der Waals surface area contributed by atoms with Crippen molar-refractivity contribution in [1.29, 1.82) is 5.26 Å². The number of halogens is 2. The van der Waals surface area contributed by atoms with Crippen LogP contribution < -0.4 is 0 Å². The van der Waals surface area contributed by atoms with E-state index < -0.39 is 11.6 Å². The molecule has 0 aliphatic carbocycles. The van der Waals surface area contributed by atoms with Gasteiger partial charge in [0.15, 0.2) is 23.3 Å². The summed E-state index contributed by atoms with van der Waals surface area (Å²) in [5.74, 6) is 0.445. The monoisotopic (exact) mass is 857 g/mol. The van der Waals surface area contributed by atoms with Gasteiger partial charge in [0, 0.05) is 98.9 Å². The van der Waals surface area contributed by atoms with Gasteiger partial charge in [0.1, 0.15) is 17.7 Å². The molecule has 12 aromatic rings. The molecule has 0 unspecified atom stereocenters. The van der Waals surface area contributed by atoms with E-state index in [1.807, 2.05) is 81.9 Å². The van der Waals surface area contributed by atoms with Gasteiger partial charge in [0.25, 0.3) is 0 Å². The van der Waals surface area contributed by atoms with Crippen LogP contribution >= 0.6 is 0 Å². The Kier molecular flexibility index (Phi) is 8.95. The van der Waals surface area contributed by atoms with Crippen molar-refractivity contribution >= 4 is 43.6 Å². The van der Waals surface area contributed by atoms with Crippen molar-refractivity contribution in [2.24, 2.45) is 0 Å². The molecule has 0 radical (unpaired) electrons. The summed E-state index contributed by atoms with van der Waals surface area (Å²) in [7, 11) is 0. The number of hydrogen-bond donors (Lipinski definition) is 0. The van der Waals surface area contributed by atoms with E-state index in [-0.39, 0.29) is 16.7 Å². The van der Waals surface area contributed by atoms with Crippen LogP contribution in [-0.4, -0.2) is 49.0 Å². The summed E-state index contributed by atoms with van der Waals surface area (Å²) in [6.45, 7) is 0. The van der Waals surface area contributed by atoms with Crippen LogP contribution in [0.15, 0.2) is 177 Å². The Hall–Kier alpha value is -9.41. The van der Waals surface area contributed by atoms with Gasteiger partial charge in [-0.2, -0.15) is 5.26 Å². The molecule has 0 aliphatic heterocycles.